The van der Waals surface area contributed by atoms with Crippen LogP contribution in [0.1, 0.15) is 45.9 Å². The van der Waals surface area contributed by atoms with E-state index in [4.69, 9.17) is 4.99 Å². The number of nitrogens with one attached hydrogen (secondary N) is 1. The van der Waals surface area contributed by atoms with E-state index in [1.807, 2.05) is 0 Å². The number of allylic oxidation sites excluding steroid dienone is 1. The standard InChI is InChI=1S/C65H45N3/c1-2-60(43-19-6-3-7-20-43)67-64(44-21-8-4-9-22-44)47-35-38-59-56(40-47)55-39-45(46-33-36-54-53-28-14-17-32-62(53)68(63(54)41-46)49-24-10-5-11-25-49)34-37-58(55)65(59)48-23-18-29-50(51-26-12-15-30-57(51)65)52-27-13-16-31-61(52)66-42-48/h2-42,66H,1H3/b23-18?,48-42?,50-29?,60-2-,67-64?. The number of rotatable bonds is 6. The Kier molecular flexibility index (Phi) is 9.29. The zero-order valence-corrected chi connectivity index (χ0v) is 37.6. The Morgan fingerprint density at radius 1 is 0.441 bits per heavy atom. The molecule has 3 nitrogen and oxygen atoms in total. The van der Waals surface area contributed by atoms with E-state index < -0.39 is 5.41 Å². The van der Waals surface area contributed by atoms with Gasteiger partial charge in [0.2, 0.25) is 0 Å². The van der Waals surface area contributed by atoms with Crippen LogP contribution in [0.4, 0.5) is 0 Å². The molecule has 0 saturated heterocycles. The molecule has 3 aliphatic rings. The lowest BCUT2D eigenvalue weighted by molar-refractivity contribution is 0.767. The maximum absolute atomic E-state index is 5.52. The van der Waals surface area contributed by atoms with Crippen molar-refractivity contribution in [2.75, 3.05) is 0 Å². The third-order valence-electron chi connectivity index (χ3n) is 14.2. The molecule has 0 saturated carbocycles. The molecule has 3 heterocycles. The molecule has 2 aromatic heterocycles. The first-order chi connectivity index (χ1) is 33.7. The zero-order valence-electron chi connectivity index (χ0n) is 37.6. The second-order valence-corrected chi connectivity index (χ2v) is 17.8. The second kappa shape index (κ2) is 16.0. The molecule has 0 amide bonds. The van der Waals surface area contributed by atoms with Crippen LogP contribution in [0.5, 0.6) is 0 Å². The summed E-state index contributed by atoms with van der Waals surface area (Å²) in [6.07, 6.45) is 4.36. The Bertz CT molecular complexity index is 3910. The number of aliphatic imine (C=N–C) groups is 1. The first-order valence-corrected chi connectivity index (χ1v) is 23.5. The number of hydrogen-bond acceptors (Lipinski definition) is 1. The molecule has 0 radical (unpaired) electrons. The molecule has 0 fully saturated rings. The largest absolute Gasteiger partial charge is 0.361 e. The minimum absolute atomic E-state index is 0.657. The Balaban J connectivity index is 1.10. The van der Waals surface area contributed by atoms with E-state index >= 15 is 0 Å². The number of hydrogen-bond donors (Lipinski definition) is 1. The molecule has 1 atom stereocenters. The summed E-state index contributed by atoms with van der Waals surface area (Å²) in [5.41, 5.74) is 21.1. The first kappa shape index (κ1) is 39.6. The van der Waals surface area contributed by atoms with Crippen molar-refractivity contribution in [2.45, 2.75) is 12.3 Å². The van der Waals surface area contributed by atoms with Crippen molar-refractivity contribution in [3.05, 3.63) is 288 Å². The molecule has 320 valence electrons. The Labute approximate surface area is 396 Å². The zero-order chi connectivity index (χ0) is 45.2. The van der Waals surface area contributed by atoms with E-state index in [2.05, 4.69) is 265 Å². The molecular formula is C65H45N3. The lowest BCUT2D eigenvalue weighted by Gasteiger charge is -2.35. The maximum Gasteiger partial charge on any atom is 0.0781 e. The van der Waals surface area contributed by atoms with Crippen molar-refractivity contribution in [1.82, 2.24) is 9.55 Å². The summed E-state index contributed by atoms with van der Waals surface area (Å²) >= 11 is 0. The average Bonchev–Trinajstić information content (AvgIpc) is 3.93. The highest BCUT2D eigenvalue weighted by molar-refractivity contribution is 6.16. The number of aromatic amines is 1. The van der Waals surface area contributed by atoms with Crippen LogP contribution >= 0.6 is 0 Å². The van der Waals surface area contributed by atoms with Crippen molar-refractivity contribution >= 4 is 44.1 Å². The van der Waals surface area contributed by atoms with Crippen LogP contribution in [0.3, 0.4) is 0 Å². The predicted molar refractivity (Wildman–Crippen MR) is 284 cm³/mol. The van der Waals surface area contributed by atoms with Gasteiger partial charge in [-0.05, 0) is 111 Å². The van der Waals surface area contributed by atoms with Crippen LogP contribution in [-0.2, 0) is 5.41 Å². The molecular weight excluding hydrogens is 823 g/mol. The van der Waals surface area contributed by atoms with Crippen molar-refractivity contribution in [3.8, 4) is 39.1 Å². The lowest BCUT2D eigenvalue weighted by Crippen LogP contribution is -2.29. The van der Waals surface area contributed by atoms with Crippen molar-refractivity contribution in [1.29, 1.82) is 0 Å². The van der Waals surface area contributed by atoms with Gasteiger partial charge in [-0.3, -0.25) is 0 Å². The number of benzene rings is 9. The average molecular weight is 868 g/mol. The molecule has 1 unspecified atom stereocenters. The number of nitrogens with zero attached hydrogens (tertiary/aromatic N) is 2. The van der Waals surface area contributed by atoms with E-state index in [0.29, 0.717) is 0 Å². The first-order valence-electron chi connectivity index (χ1n) is 23.5. The third kappa shape index (κ3) is 6.10. The van der Waals surface area contributed by atoms with Crippen molar-refractivity contribution in [3.63, 3.8) is 0 Å². The van der Waals surface area contributed by atoms with Gasteiger partial charge in [0.1, 0.15) is 0 Å². The molecule has 3 heteroatoms. The van der Waals surface area contributed by atoms with Crippen LogP contribution in [0.15, 0.2) is 254 Å². The van der Waals surface area contributed by atoms with Gasteiger partial charge < -0.3 is 9.55 Å². The number of aromatic nitrogens is 2. The third-order valence-corrected chi connectivity index (χ3v) is 14.2. The SMILES string of the molecule is C/C=C(\N=C(c1ccccc1)c1ccc2c(c1)-c1cc(-c3ccc4c5ccccc5n(-c5ccccc5)c4c3)ccc1C21c2cccc(c3ccccc3[nH]c2)-c2ccccc21)c1ccccc1. The second-order valence-electron chi connectivity index (χ2n) is 17.8. The lowest BCUT2D eigenvalue weighted by atomic mass is 9.65. The van der Waals surface area contributed by atoms with Gasteiger partial charge >= 0.3 is 0 Å². The fourth-order valence-electron chi connectivity index (χ4n) is 11.2. The Morgan fingerprint density at radius 2 is 1.04 bits per heavy atom. The smallest absolute Gasteiger partial charge is 0.0781 e. The fraction of sp³-hybridized carbons (Fsp3) is 0.0308. The monoisotopic (exact) mass is 867 g/mol. The summed E-state index contributed by atoms with van der Waals surface area (Å²) in [5.74, 6) is 0. The quantitative estimate of drug-likeness (QED) is 0.162. The van der Waals surface area contributed by atoms with Gasteiger partial charge in [0.05, 0.1) is 27.9 Å². The van der Waals surface area contributed by atoms with Gasteiger partial charge in [-0.15, -0.1) is 0 Å². The minimum Gasteiger partial charge on any atom is -0.361 e. The van der Waals surface area contributed by atoms with Gasteiger partial charge in [0.25, 0.3) is 0 Å². The topological polar surface area (TPSA) is 33.1 Å². The van der Waals surface area contributed by atoms with Crippen molar-refractivity contribution in [2.24, 2.45) is 4.99 Å². The Morgan fingerprint density at radius 3 is 1.85 bits per heavy atom. The summed E-state index contributed by atoms with van der Waals surface area (Å²) in [6, 6.07) is 86.5. The highest BCUT2D eigenvalue weighted by Crippen LogP contribution is 2.59. The summed E-state index contributed by atoms with van der Waals surface area (Å²) in [5, 5.41) is 3.66. The highest BCUT2D eigenvalue weighted by Gasteiger charge is 2.48. The summed E-state index contributed by atoms with van der Waals surface area (Å²) in [7, 11) is 0. The van der Waals surface area contributed by atoms with E-state index in [0.717, 1.165) is 44.9 Å². The fourth-order valence-corrected chi connectivity index (χ4v) is 11.2. The number of H-pyrrole nitrogens is 1. The minimum atomic E-state index is -0.657. The normalized spacial score (nSPS) is 14.8. The highest BCUT2D eigenvalue weighted by atomic mass is 15.0. The number of fused-ring (bicyclic) bond motifs is 9. The van der Waals surface area contributed by atoms with Gasteiger partial charge in [0, 0.05) is 44.7 Å². The van der Waals surface area contributed by atoms with Gasteiger partial charge in [0.15, 0.2) is 0 Å². The molecule has 2 bridgehead atoms. The van der Waals surface area contributed by atoms with E-state index in [-0.39, 0.29) is 0 Å². The van der Waals surface area contributed by atoms with Gasteiger partial charge in [-0.2, -0.15) is 0 Å². The van der Waals surface area contributed by atoms with E-state index in [9.17, 15) is 0 Å². The molecule has 2 aliphatic carbocycles. The van der Waals surface area contributed by atoms with Crippen LogP contribution in [0.25, 0.3) is 77.5 Å². The van der Waals surface area contributed by atoms with Gasteiger partial charge in [-0.1, -0.05) is 200 Å². The predicted octanol–water partition coefficient (Wildman–Crippen LogP) is 16.3. The van der Waals surface area contributed by atoms with E-state index in [1.165, 1.54) is 77.3 Å². The van der Waals surface area contributed by atoms with Crippen molar-refractivity contribution < 1.29 is 0 Å². The Hall–Kier alpha value is -8.79. The summed E-state index contributed by atoms with van der Waals surface area (Å²) in [6.45, 7) is 2.07. The molecule has 14 rings (SSSR count). The molecule has 1 aliphatic heterocycles. The summed E-state index contributed by atoms with van der Waals surface area (Å²) in [4.78, 5) is 9.34. The van der Waals surface area contributed by atoms with Crippen LogP contribution in [0.2, 0.25) is 0 Å². The maximum atomic E-state index is 5.52. The molecule has 11 aromatic rings. The molecule has 1 spiro atoms. The number of para-hydroxylation sites is 3. The van der Waals surface area contributed by atoms with E-state index in [1.54, 1.807) is 0 Å². The molecule has 1 N–H and O–H groups in total. The van der Waals surface area contributed by atoms with Crippen LogP contribution < -0.4 is 0 Å². The van der Waals surface area contributed by atoms with Crippen LogP contribution in [0, 0.1) is 0 Å². The summed E-state index contributed by atoms with van der Waals surface area (Å²) < 4.78 is 2.41. The molecule has 9 aromatic carbocycles. The van der Waals surface area contributed by atoms with Gasteiger partial charge in [-0.25, -0.2) is 4.99 Å². The molecule has 68 heavy (non-hydrogen) atoms. The van der Waals surface area contributed by atoms with Crippen LogP contribution in [-0.4, -0.2) is 15.3 Å².